The summed E-state index contributed by atoms with van der Waals surface area (Å²) in [7, 11) is 1.37. The Morgan fingerprint density at radius 3 is 2.32 bits per heavy atom. The summed E-state index contributed by atoms with van der Waals surface area (Å²) in [5, 5.41) is 79.4. The maximum Gasteiger partial charge on any atom is 0.186 e. The number of aliphatic hydroxyl groups is 6. The maximum absolute atomic E-state index is 10.6. The van der Waals surface area contributed by atoms with Crippen LogP contribution in [-0.4, -0.2) is 105 Å². The fraction of sp³-hybridized carbons (Fsp3) is 0.520. The second kappa shape index (κ2) is 13.2. The Balaban J connectivity index is 1.54. The summed E-state index contributed by atoms with van der Waals surface area (Å²) < 4.78 is 21.4. The van der Waals surface area contributed by atoms with Crippen molar-refractivity contribution in [2.75, 3.05) is 26.9 Å². The molecule has 1 fully saturated rings. The number of aryl methyl sites for hydroxylation is 1. The fourth-order valence-corrected chi connectivity index (χ4v) is 3.96. The molecule has 0 radical (unpaired) electrons. The largest absolute Gasteiger partial charge is 0.504 e. The zero-order valence-corrected chi connectivity index (χ0v) is 20.3. The molecule has 0 saturated carbocycles. The molecule has 8 N–H and O–H groups in total. The van der Waals surface area contributed by atoms with Crippen LogP contribution >= 0.6 is 0 Å². The molecule has 0 bridgehead atoms. The molecule has 3 rings (SSSR count). The van der Waals surface area contributed by atoms with Crippen LogP contribution in [0.15, 0.2) is 36.4 Å². The average Bonchev–Trinajstić information content (AvgIpc) is 2.90. The van der Waals surface area contributed by atoms with E-state index >= 15 is 0 Å². The van der Waals surface area contributed by atoms with Gasteiger partial charge in [0.2, 0.25) is 0 Å². The molecule has 2 aromatic carbocycles. The number of aromatic hydroxyl groups is 2. The molecule has 2 unspecified atom stereocenters. The van der Waals surface area contributed by atoms with Crippen molar-refractivity contribution in [1.82, 2.24) is 0 Å². The van der Waals surface area contributed by atoms with Gasteiger partial charge in [0.25, 0.3) is 0 Å². The summed E-state index contributed by atoms with van der Waals surface area (Å²) in [6.07, 6.45) is -8.19. The predicted octanol–water partition coefficient (Wildman–Crippen LogP) is -0.671. The minimum atomic E-state index is -1.52. The van der Waals surface area contributed by atoms with Gasteiger partial charge in [-0.25, -0.2) is 0 Å². The van der Waals surface area contributed by atoms with Crippen LogP contribution in [0.4, 0.5) is 0 Å². The highest BCUT2D eigenvalue weighted by Crippen LogP contribution is 2.33. The van der Waals surface area contributed by atoms with Gasteiger partial charge in [0.05, 0.1) is 26.9 Å². The van der Waals surface area contributed by atoms with Crippen molar-refractivity contribution in [2.24, 2.45) is 0 Å². The smallest absolute Gasteiger partial charge is 0.186 e. The highest BCUT2D eigenvalue weighted by molar-refractivity contribution is 5.44. The average molecular weight is 527 g/mol. The van der Waals surface area contributed by atoms with Gasteiger partial charge in [-0.1, -0.05) is 12.1 Å². The molecule has 2 aromatic rings. The Kier molecular flexibility index (Phi) is 10.3. The van der Waals surface area contributed by atoms with Crippen molar-refractivity contribution in [3.8, 4) is 23.0 Å². The van der Waals surface area contributed by atoms with Crippen molar-refractivity contribution in [3.63, 3.8) is 0 Å². The first-order chi connectivity index (χ1) is 17.7. The fourth-order valence-electron chi connectivity index (χ4n) is 3.96. The van der Waals surface area contributed by atoms with Crippen LogP contribution in [0.2, 0.25) is 0 Å². The van der Waals surface area contributed by atoms with E-state index in [1.165, 1.54) is 37.4 Å². The van der Waals surface area contributed by atoms with E-state index in [-0.39, 0.29) is 29.6 Å². The summed E-state index contributed by atoms with van der Waals surface area (Å²) in [6, 6.07) is 8.88. The molecule has 0 spiro atoms. The lowest BCUT2D eigenvalue weighted by Gasteiger charge is -2.39. The Hall–Kier alpha value is -2.68. The number of hydrogen-bond donors (Lipinski definition) is 8. The molecule has 12 nitrogen and oxygen atoms in total. The third-order valence-corrected chi connectivity index (χ3v) is 6.12. The second-order valence-electron chi connectivity index (χ2n) is 8.69. The molecule has 1 aliphatic rings. The minimum absolute atomic E-state index is 0.0464. The van der Waals surface area contributed by atoms with Gasteiger partial charge in [0.15, 0.2) is 35.4 Å². The van der Waals surface area contributed by atoms with Crippen LogP contribution in [-0.2, 0) is 15.9 Å². The Labute approximate surface area is 213 Å². The van der Waals surface area contributed by atoms with E-state index < -0.39 is 56.1 Å². The van der Waals surface area contributed by atoms with Crippen LogP contribution < -0.4 is 9.47 Å². The number of phenols is 2. The normalized spacial score (nSPS) is 25.4. The highest BCUT2D eigenvalue weighted by Gasteiger charge is 2.43. The molecule has 206 valence electrons. The molecule has 37 heavy (non-hydrogen) atoms. The lowest BCUT2D eigenvalue weighted by molar-refractivity contribution is -0.301. The van der Waals surface area contributed by atoms with Gasteiger partial charge in [-0.15, -0.1) is 0 Å². The van der Waals surface area contributed by atoms with Crippen molar-refractivity contribution in [3.05, 3.63) is 47.5 Å². The third kappa shape index (κ3) is 7.00. The molecule has 1 saturated heterocycles. The lowest BCUT2D eigenvalue weighted by Crippen LogP contribution is -2.59. The zero-order chi connectivity index (χ0) is 27.1. The van der Waals surface area contributed by atoms with Crippen LogP contribution in [0.1, 0.15) is 23.7 Å². The van der Waals surface area contributed by atoms with E-state index in [1.54, 1.807) is 6.07 Å². The van der Waals surface area contributed by atoms with Crippen molar-refractivity contribution < 1.29 is 59.8 Å². The SMILES string of the molecule is COc1cc(C(O)C(CO)Oc2ccc(CCCO[C@H]3O[C@@H](CO)[C@H](O)[C@@H](O)[C@@H]3O)cc2O)ccc1O. The Bertz CT molecular complexity index is 1000. The number of ether oxygens (including phenoxy) is 4. The van der Waals surface area contributed by atoms with E-state index in [0.717, 1.165) is 5.56 Å². The van der Waals surface area contributed by atoms with Gasteiger partial charge in [-0.3, -0.25) is 0 Å². The van der Waals surface area contributed by atoms with E-state index in [9.17, 15) is 40.9 Å². The Morgan fingerprint density at radius 1 is 0.919 bits per heavy atom. The molecule has 7 atom stereocenters. The maximum atomic E-state index is 10.6. The van der Waals surface area contributed by atoms with Crippen LogP contribution in [0.3, 0.4) is 0 Å². The van der Waals surface area contributed by atoms with Gasteiger partial charge in [-0.2, -0.15) is 0 Å². The first kappa shape index (κ1) is 28.9. The lowest BCUT2D eigenvalue weighted by atomic mass is 9.99. The van der Waals surface area contributed by atoms with E-state index in [0.29, 0.717) is 18.4 Å². The van der Waals surface area contributed by atoms with Gasteiger partial charge in [-0.05, 0) is 48.2 Å². The second-order valence-corrected chi connectivity index (χ2v) is 8.69. The minimum Gasteiger partial charge on any atom is -0.504 e. The molecule has 0 amide bonds. The van der Waals surface area contributed by atoms with Crippen LogP contribution in [0.5, 0.6) is 23.0 Å². The molecule has 0 aromatic heterocycles. The van der Waals surface area contributed by atoms with E-state index in [1.807, 2.05) is 0 Å². The van der Waals surface area contributed by atoms with Crippen molar-refractivity contribution in [1.29, 1.82) is 0 Å². The molecular formula is C25H34O12. The van der Waals surface area contributed by atoms with E-state index in [4.69, 9.17) is 18.9 Å². The van der Waals surface area contributed by atoms with Gasteiger partial charge in [0.1, 0.15) is 30.5 Å². The summed E-state index contributed by atoms with van der Waals surface area (Å²) >= 11 is 0. The standard InChI is InChI=1S/C25H34O12/c1-34-18-10-14(5-6-15(18)28)21(30)19(11-26)36-17-7-4-13(9-16(17)29)3-2-8-35-25-24(33)23(32)22(31)20(12-27)37-25/h4-7,9-10,19-33H,2-3,8,11-12H2,1H3/t19?,20-,21?,22-,23+,24-,25-/m0/s1. The predicted molar refractivity (Wildman–Crippen MR) is 127 cm³/mol. The molecule has 1 heterocycles. The highest BCUT2D eigenvalue weighted by atomic mass is 16.7. The number of phenolic OH excluding ortho intramolecular Hbond substituents is 2. The topological polar surface area (TPSA) is 199 Å². The number of rotatable bonds is 12. The number of benzene rings is 2. The first-order valence-electron chi connectivity index (χ1n) is 11.8. The van der Waals surface area contributed by atoms with Gasteiger partial charge in [0, 0.05) is 0 Å². The third-order valence-electron chi connectivity index (χ3n) is 6.12. The van der Waals surface area contributed by atoms with Crippen molar-refractivity contribution in [2.45, 2.75) is 55.8 Å². The molecule has 12 heteroatoms. The molecule has 1 aliphatic heterocycles. The van der Waals surface area contributed by atoms with Gasteiger partial charge < -0.3 is 59.8 Å². The van der Waals surface area contributed by atoms with E-state index in [2.05, 4.69) is 0 Å². The Morgan fingerprint density at radius 2 is 1.68 bits per heavy atom. The summed E-state index contributed by atoms with van der Waals surface area (Å²) in [6.45, 7) is -0.979. The quantitative estimate of drug-likeness (QED) is 0.163. The number of methoxy groups -OCH3 is 1. The van der Waals surface area contributed by atoms with Gasteiger partial charge >= 0.3 is 0 Å². The number of hydrogen-bond acceptors (Lipinski definition) is 12. The molecule has 0 aliphatic carbocycles. The van der Waals surface area contributed by atoms with Crippen LogP contribution in [0.25, 0.3) is 0 Å². The zero-order valence-electron chi connectivity index (χ0n) is 20.3. The number of aliphatic hydroxyl groups excluding tert-OH is 6. The van der Waals surface area contributed by atoms with Crippen LogP contribution in [0, 0.1) is 0 Å². The summed E-state index contributed by atoms with van der Waals surface area (Å²) in [4.78, 5) is 0. The monoisotopic (exact) mass is 526 g/mol. The summed E-state index contributed by atoms with van der Waals surface area (Å²) in [5.74, 6) is -0.117. The summed E-state index contributed by atoms with van der Waals surface area (Å²) in [5.41, 5.74) is 1.07. The first-order valence-corrected chi connectivity index (χ1v) is 11.8. The van der Waals surface area contributed by atoms with Crippen molar-refractivity contribution >= 4 is 0 Å². The molecular weight excluding hydrogens is 492 g/mol.